The molecule has 8 heteroatoms. The highest BCUT2D eigenvalue weighted by molar-refractivity contribution is 6.05. The summed E-state index contributed by atoms with van der Waals surface area (Å²) in [5.41, 5.74) is 2.27. The highest BCUT2D eigenvalue weighted by atomic mass is 19.1. The highest BCUT2D eigenvalue weighted by Crippen LogP contribution is 2.29. The molecule has 0 aliphatic carbocycles. The lowest BCUT2D eigenvalue weighted by atomic mass is 9.97. The molecule has 2 unspecified atom stereocenters. The van der Waals surface area contributed by atoms with Gasteiger partial charge in [0, 0.05) is 50.6 Å². The Morgan fingerprint density at radius 2 is 2.07 bits per heavy atom. The topological polar surface area (TPSA) is 90.5 Å². The van der Waals surface area contributed by atoms with Crippen LogP contribution < -0.4 is 16.0 Å². The minimum Gasteiger partial charge on any atom is -0.322 e. The van der Waals surface area contributed by atoms with Crippen molar-refractivity contribution in [2.24, 2.45) is 5.92 Å². The van der Waals surface area contributed by atoms with Crippen LogP contribution in [0.5, 0.6) is 0 Å². The first-order valence-corrected chi connectivity index (χ1v) is 9.35. The third-order valence-electron chi connectivity index (χ3n) is 5.62. The van der Waals surface area contributed by atoms with Crippen molar-refractivity contribution in [3.8, 4) is 0 Å². The lowest BCUT2D eigenvalue weighted by Gasteiger charge is -2.30. The van der Waals surface area contributed by atoms with Crippen LogP contribution in [0.25, 0.3) is 0 Å². The van der Waals surface area contributed by atoms with Gasteiger partial charge in [0.25, 0.3) is 5.91 Å². The molecule has 3 aliphatic heterocycles. The zero-order valence-electron chi connectivity index (χ0n) is 15.0. The Hall–Kier alpha value is -2.32. The molecule has 0 radical (unpaired) electrons. The molecule has 4 rings (SSSR count). The van der Waals surface area contributed by atoms with Gasteiger partial charge in [-0.25, -0.2) is 4.39 Å². The fourth-order valence-corrected chi connectivity index (χ4v) is 3.92. The molecule has 2 saturated heterocycles. The minimum atomic E-state index is -0.904. The molecule has 3 amide bonds. The first-order valence-electron chi connectivity index (χ1n) is 9.35. The van der Waals surface area contributed by atoms with Crippen LogP contribution in [-0.2, 0) is 22.7 Å². The van der Waals surface area contributed by atoms with Gasteiger partial charge in [-0.05, 0) is 17.5 Å². The van der Waals surface area contributed by atoms with E-state index in [1.54, 1.807) is 0 Å². The van der Waals surface area contributed by atoms with E-state index in [0.717, 1.165) is 11.1 Å². The molecule has 0 spiro atoms. The third-order valence-corrected chi connectivity index (χ3v) is 5.62. The van der Waals surface area contributed by atoms with E-state index < -0.39 is 18.1 Å². The van der Waals surface area contributed by atoms with Gasteiger partial charge in [-0.1, -0.05) is 18.2 Å². The van der Waals surface area contributed by atoms with E-state index in [9.17, 15) is 18.8 Å². The lowest BCUT2D eigenvalue weighted by molar-refractivity contribution is -0.136. The fourth-order valence-electron chi connectivity index (χ4n) is 3.92. The number of nitrogens with one attached hydrogen (secondary N) is 3. The largest absolute Gasteiger partial charge is 0.322 e. The summed E-state index contributed by atoms with van der Waals surface area (Å²) in [5, 5.41) is 8.48. The normalized spacial score (nSPS) is 23.8. The van der Waals surface area contributed by atoms with Gasteiger partial charge >= 0.3 is 0 Å². The van der Waals surface area contributed by atoms with Crippen LogP contribution in [0, 0.1) is 5.92 Å². The summed E-state index contributed by atoms with van der Waals surface area (Å²) in [6.07, 6.45) is -0.325. The number of rotatable bonds is 6. The van der Waals surface area contributed by atoms with Gasteiger partial charge in [-0.2, -0.15) is 0 Å². The van der Waals surface area contributed by atoms with Crippen LogP contribution in [0.2, 0.25) is 0 Å². The number of hydrogen-bond acceptors (Lipinski definition) is 5. The third kappa shape index (κ3) is 3.46. The molecular formula is C19H23FN4O3. The standard InChI is InChI=1S/C19H23FN4O3/c20-14(13-7-21-8-13)9-22-6-11-2-1-3-12-10-24(19(27)17(11)12)15-4-5-16(25)23-18(15)26/h1-3,13-15,21-22H,4-10H2,(H,23,25,26). The van der Waals surface area contributed by atoms with Gasteiger partial charge in [0.05, 0.1) is 0 Å². The van der Waals surface area contributed by atoms with E-state index in [-0.39, 0.29) is 30.7 Å². The highest BCUT2D eigenvalue weighted by Gasteiger charge is 2.39. The van der Waals surface area contributed by atoms with Crippen LogP contribution in [0.4, 0.5) is 4.39 Å². The fraction of sp³-hybridized carbons (Fsp3) is 0.526. The molecule has 7 nitrogen and oxygen atoms in total. The Bertz CT molecular complexity index is 780. The predicted molar refractivity (Wildman–Crippen MR) is 95.4 cm³/mol. The Morgan fingerprint density at radius 1 is 1.26 bits per heavy atom. The number of imide groups is 1. The molecule has 144 valence electrons. The van der Waals surface area contributed by atoms with Crippen molar-refractivity contribution in [3.05, 3.63) is 34.9 Å². The second-order valence-electron chi connectivity index (χ2n) is 7.42. The molecule has 1 aromatic rings. The maximum absolute atomic E-state index is 14.0. The molecule has 0 aromatic heterocycles. The van der Waals surface area contributed by atoms with Gasteiger partial charge in [-0.3, -0.25) is 19.7 Å². The second-order valence-corrected chi connectivity index (χ2v) is 7.42. The van der Waals surface area contributed by atoms with Gasteiger partial charge in [-0.15, -0.1) is 0 Å². The summed E-state index contributed by atoms with van der Waals surface area (Å²) < 4.78 is 14.0. The molecule has 3 heterocycles. The molecular weight excluding hydrogens is 351 g/mol. The van der Waals surface area contributed by atoms with E-state index in [0.29, 0.717) is 38.2 Å². The van der Waals surface area contributed by atoms with Crippen molar-refractivity contribution < 1.29 is 18.8 Å². The van der Waals surface area contributed by atoms with E-state index in [2.05, 4.69) is 16.0 Å². The summed E-state index contributed by atoms with van der Waals surface area (Å²) in [6, 6.07) is 4.99. The van der Waals surface area contributed by atoms with Crippen LogP contribution in [0.3, 0.4) is 0 Å². The number of halogens is 1. The lowest BCUT2D eigenvalue weighted by Crippen LogP contribution is -2.52. The van der Waals surface area contributed by atoms with E-state index in [1.807, 2.05) is 18.2 Å². The van der Waals surface area contributed by atoms with Crippen molar-refractivity contribution in [2.75, 3.05) is 19.6 Å². The molecule has 2 atom stereocenters. The minimum absolute atomic E-state index is 0.0589. The average Bonchev–Trinajstić information content (AvgIpc) is 2.91. The van der Waals surface area contributed by atoms with Gasteiger partial charge in [0.1, 0.15) is 12.2 Å². The Balaban J connectivity index is 1.43. The van der Waals surface area contributed by atoms with Gasteiger partial charge < -0.3 is 15.5 Å². The molecule has 3 aliphatic rings. The number of fused-ring (bicyclic) bond motifs is 1. The number of piperidine rings is 1. The number of hydrogen-bond donors (Lipinski definition) is 3. The average molecular weight is 374 g/mol. The van der Waals surface area contributed by atoms with Crippen molar-refractivity contribution in [3.63, 3.8) is 0 Å². The van der Waals surface area contributed by atoms with Gasteiger partial charge in [0.15, 0.2) is 0 Å². The first-order chi connectivity index (χ1) is 13.0. The quantitative estimate of drug-likeness (QED) is 0.615. The predicted octanol–water partition coefficient (Wildman–Crippen LogP) is 0.0947. The van der Waals surface area contributed by atoms with Crippen molar-refractivity contribution in [2.45, 2.75) is 38.1 Å². The summed E-state index contributed by atoms with van der Waals surface area (Å²) in [5.74, 6) is -0.852. The van der Waals surface area contributed by atoms with Crippen molar-refractivity contribution >= 4 is 17.7 Å². The smallest absolute Gasteiger partial charge is 0.255 e. The molecule has 0 bridgehead atoms. The molecule has 27 heavy (non-hydrogen) atoms. The number of alkyl halides is 1. The summed E-state index contributed by atoms with van der Waals surface area (Å²) in [4.78, 5) is 38.0. The molecule has 2 fully saturated rings. The Labute approximate surface area is 156 Å². The van der Waals surface area contributed by atoms with E-state index in [4.69, 9.17) is 0 Å². The van der Waals surface area contributed by atoms with Crippen molar-refractivity contribution in [1.82, 2.24) is 20.9 Å². The molecule has 1 aromatic carbocycles. The van der Waals surface area contributed by atoms with E-state index in [1.165, 1.54) is 4.90 Å². The monoisotopic (exact) mass is 374 g/mol. The Kier molecular flexibility index (Phi) is 4.92. The SMILES string of the molecule is O=C1CCC(N2Cc3cccc(CNCC(F)C4CNC4)c3C2=O)C(=O)N1. The number of nitrogens with zero attached hydrogens (tertiary/aromatic N) is 1. The number of benzene rings is 1. The van der Waals surface area contributed by atoms with Gasteiger partial charge in [0.2, 0.25) is 11.8 Å². The van der Waals surface area contributed by atoms with Crippen LogP contribution in [0.15, 0.2) is 18.2 Å². The maximum Gasteiger partial charge on any atom is 0.255 e. The molecule has 3 N–H and O–H groups in total. The van der Waals surface area contributed by atoms with E-state index >= 15 is 0 Å². The van der Waals surface area contributed by atoms with Crippen LogP contribution in [0.1, 0.15) is 34.3 Å². The first kappa shape index (κ1) is 18.1. The number of amides is 3. The zero-order chi connectivity index (χ0) is 19.0. The number of carbonyl (C=O) groups is 3. The summed E-state index contributed by atoms with van der Waals surface area (Å²) in [6.45, 7) is 2.43. The summed E-state index contributed by atoms with van der Waals surface area (Å²) in [7, 11) is 0. The maximum atomic E-state index is 14.0. The second kappa shape index (κ2) is 7.36. The summed E-state index contributed by atoms with van der Waals surface area (Å²) >= 11 is 0. The Morgan fingerprint density at radius 3 is 2.78 bits per heavy atom. The number of carbonyl (C=O) groups excluding carboxylic acids is 3. The van der Waals surface area contributed by atoms with Crippen LogP contribution in [-0.4, -0.2) is 54.5 Å². The molecule has 0 saturated carbocycles. The van der Waals surface area contributed by atoms with Crippen LogP contribution >= 0.6 is 0 Å². The zero-order valence-corrected chi connectivity index (χ0v) is 15.0. The van der Waals surface area contributed by atoms with Crippen molar-refractivity contribution in [1.29, 1.82) is 0 Å².